The Balaban J connectivity index is -0.0000000995. The van der Waals surface area contributed by atoms with Crippen LogP contribution >= 0.6 is 0 Å². The summed E-state index contributed by atoms with van der Waals surface area (Å²) < 4.78 is 73.1. The van der Waals surface area contributed by atoms with Crippen LogP contribution in [0.2, 0.25) is 0 Å². The third kappa shape index (κ3) is 80.4. The van der Waals surface area contributed by atoms with E-state index in [4.69, 9.17) is 10.00 Å². The lowest BCUT2D eigenvalue weighted by Crippen LogP contribution is -2.10. The van der Waals surface area contributed by atoms with Crippen molar-refractivity contribution in [3.63, 3.8) is 0 Å². The average molecular weight is 496 g/mol. The zero-order valence-electron chi connectivity index (χ0n) is 23.0. The Kier molecular flexibility index (Phi) is 34.9. The van der Waals surface area contributed by atoms with Gasteiger partial charge in [-0.2, -0.15) is 18.4 Å². The fourth-order valence-corrected chi connectivity index (χ4v) is 1.34. The second-order valence-corrected chi connectivity index (χ2v) is 9.76. The maximum atomic E-state index is 11.8. The second-order valence-electron chi connectivity index (χ2n) is 9.76. The van der Waals surface area contributed by atoms with Crippen molar-refractivity contribution in [3.8, 4) is 6.07 Å². The van der Waals surface area contributed by atoms with Gasteiger partial charge in [0.25, 0.3) is 0 Å². The van der Waals surface area contributed by atoms with Gasteiger partial charge < -0.3 is 4.74 Å². The van der Waals surface area contributed by atoms with Gasteiger partial charge in [0.15, 0.2) is 0 Å². The van der Waals surface area contributed by atoms with E-state index in [0.717, 1.165) is 6.61 Å². The summed E-state index contributed by atoms with van der Waals surface area (Å²) in [6.07, 6.45) is -6.72. The molecule has 0 aromatic carbocycles. The first kappa shape index (κ1) is 42.2. The number of rotatable bonds is 7. The fourth-order valence-electron chi connectivity index (χ4n) is 1.34. The number of hydrogen-bond donors (Lipinski definition) is 0. The predicted molar refractivity (Wildman–Crippen MR) is 128 cm³/mol. The highest BCUT2D eigenvalue weighted by Gasteiger charge is 2.27. The minimum atomic E-state index is -3.98. The Morgan fingerprint density at radius 2 is 1.12 bits per heavy atom. The molecule has 8 heteroatoms. The van der Waals surface area contributed by atoms with Crippen molar-refractivity contribution >= 4 is 0 Å². The average Bonchev–Trinajstić information content (AvgIpc) is 2.52. The van der Waals surface area contributed by atoms with Gasteiger partial charge in [0.05, 0.1) is 12.2 Å². The van der Waals surface area contributed by atoms with Crippen molar-refractivity contribution < 1.29 is 31.1 Å². The predicted octanol–water partition coefficient (Wildman–Crippen LogP) is 9.74. The van der Waals surface area contributed by atoms with Crippen molar-refractivity contribution in [2.75, 3.05) is 13.7 Å². The van der Waals surface area contributed by atoms with Crippen LogP contribution in [0.25, 0.3) is 0 Å². The first-order valence-corrected chi connectivity index (χ1v) is 11.6. The molecule has 0 aliphatic carbocycles. The van der Waals surface area contributed by atoms with Crippen LogP contribution in [0.1, 0.15) is 95.4 Å². The zero-order chi connectivity index (χ0) is 27.8. The van der Waals surface area contributed by atoms with Crippen LogP contribution in [0.15, 0.2) is 0 Å². The molecule has 0 aromatic rings. The Labute approximate surface area is 200 Å². The third-order valence-electron chi connectivity index (χ3n) is 3.21. The molecule has 0 radical (unpaired) electrons. The zero-order valence-corrected chi connectivity index (χ0v) is 23.0. The lowest BCUT2D eigenvalue weighted by atomic mass is 10.1. The summed E-state index contributed by atoms with van der Waals surface area (Å²) in [6, 6.07) is 2.07. The molecule has 0 bridgehead atoms. The minimum absolute atomic E-state index is 0.0278. The van der Waals surface area contributed by atoms with Crippen LogP contribution in [-0.4, -0.2) is 32.5 Å². The smallest absolute Gasteiger partial charge is 0.384 e. The van der Waals surface area contributed by atoms with Crippen molar-refractivity contribution in [2.24, 2.45) is 29.6 Å². The number of alkyl halides is 6. The standard InChI is InChI=1S/C5H9F3.C5H10F2.C5H11F.C5H9N.C5H12O/c1-4(2)3-5(6,7)8;1-4(2)3-5(6)7;1-4(2)5(3)6;1-5(2)3-4-6;1-5(2)4-6-3/h4H,3H2,1-2H3;4-5H,3H2,1-2H3;4-5H,1-3H3;5H,3H2,1-2H3;5H,4H2,1-3H3. The maximum Gasteiger partial charge on any atom is 0.389 e. The molecule has 0 saturated heterocycles. The van der Waals surface area contributed by atoms with Gasteiger partial charge in [-0.05, 0) is 36.5 Å². The number of hydrogen-bond acceptors (Lipinski definition) is 2. The van der Waals surface area contributed by atoms with Crippen LogP contribution in [-0.2, 0) is 4.74 Å². The van der Waals surface area contributed by atoms with E-state index in [1.807, 2.05) is 27.7 Å². The SMILES string of the molecule is CC(C)C(C)F.CC(C)CC#N.CC(C)CC(F)(F)F.CC(C)CC(F)F.COCC(C)C. The van der Waals surface area contributed by atoms with Crippen LogP contribution in [0.4, 0.5) is 26.3 Å². The molecule has 0 fully saturated rings. The first-order valence-electron chi connectivity index (χ1n) is 11.6. The lowest BCUT2D eigenvalue weighted by Gasteiger charge is -2.07. The summed E-state index contributed by atoms with van der Waals surface area (Å²) in [5.74, 6) is 1.24. The molecule has 1 unspecified atom stereocenters. The monoisotopic (exact) mass is 495 g/mol. The third-order valence-corrected chi connectivity index (χ3v) is 3.21. The molecule has 0 rings (SSSR count). The summed E-state index contributed by atoms with van der Waals surface area (Å²) in [5.41, 5.74) is 0. The highest BCUT2D eigenvalue weighted by atomic mass is 19.4. The Hall–Kier alpha value is -0.970. The summed E-state index contributed by atoms with van der Waals surface area (Å²) in [5, 5.41) is 7.99. The molecule has 0 amide bonds. The molecule has 0 aliphatic rings. The second kappa shape index (κ2) is 27.3. The van der Waals surface area contributed by atoms with E-state index in [1.165, 1.54) is 0 Å². The van der Waals surface area contributed by atoms with Gasteiger partial charge in [0, 0.05) is 33.0 Å². The van der Waals surface area contributed by atoms with Crippen molar-refractivity contribution in [1.29, 1.82) is 5.26 Å². The van der Waals surface area contributed by atoms with Gasteiger partial charge in [-0.15, -0.1) is 0 Å². The molecule has 204 valence electrons. The molecule has 33 heavy (non-hydrogen) atoms. The van der Waals surface area contributed by atoms with E-state index >= 15 is 0 Å². The highest BCUT2D eigenvalue weighted by molar-refractivity contribution is 4.69. The van der Waals surface area contributed by atoms with Crippen LogP contribution < -0.4 is 0 Å². The number of ether oxygens (including phenoxy) is 1. The van der Waals surface area contributed by atoms with Crippen molar-refractivity contribution in [3.05, 3.63) is 0 Å². The molecule has 1 atom stereocenters. The molecule has 0 saturated carbocycles. The van der Waals surface area contributed by atoms with Gasteiger partial charge >= 0.3 is 6.18 Å². The van der Waals surface area contributed by atoms with Crippen LogP contribution in [0.3, 0.4) is 0 Å². The number of halogens is 6. The Morgan fingerprint density at radius 3 is 1.12 bits per heavy atom. The summed E-state index contributed by atoms with van der Waals surface area (Å²) in [6.45, 7) is 21.2. The quantitative estimate of drug-likeness (QED) is 0.329. The van der Waals surface area contributed by atoms with E-state index in [-0.39, 0.29) is 24.2 Å². The fraction of sp³-hybridized carbons (Fsp3) is 0.960. The van der Waals surface area contributed by atoms with E-state index in [1.54, 1.807) is 41.7 Å². The largest absolute Gasteiger partial charge is 0.389 e. The van der Waals surface area contributed by atoms with E-state index < -0.39 is 25.2 Å². The summed E-state index contributed by atoms with van der Waals surface area (Å²) >= 11 is 0. The molecule has 2 nitrogen and oxygen atoms in total. The molecule has 0 aliphatic heterocycles. The molecular weight excluding hydrogens is 444 g/mol. The Bertz CT molecular complexity index is 389. The topological polar surface area (TPSA) is 33.0 Å². The highest BCUT2D eigenvalue weighted by Crippen LogP contribution is 2.23. The Morgan fingerprint density at radius 1 is 0.727 bits per heavy atom. The van der Waals surface area contributed by atoms with Gasteiger partial charge in [-0.25, -0.2) is 13.2 Å². The number of nitrogens with zero attached hydrogens (tertiary/aromatic N) is 1. The van der Waals surface area contributed by atoms with E-state index in [0.29, 0.717) is 18.3 Å². The molecule has 0 spiro atoms. The van der Waals surface area contributed by atoms with E-state index in [2.05, 4.69) is 19.9 Å². The van der Waals surface area contributed by atoms with Crippen LogP contribution in [0.5, 0.6) is 0 Å². The van der Waals surface area contributed by atoms with E-state index in [9.17, 15) is 26.3 Å². The number of methoxy groups -OCH3 is 1. The molecule has 0 heterocycles. The summed E-state index contributed by atoms with van der Waals surface area (Å²) in [7, 11) is 1.72. The molecular formula is C25H51F6NO. The van der Waals surface area contributed by atoms with Gasteiger partial charge in [-0.3, -0.25) is 0 Å². The normalized spacial score (nSPS) is 11.6. The van der Waals surface area contributed by atoms with Crippen LogP contribution in [0, 0.1) is 40.9 Å². The minimum Gasteiger partial charge on any atom is -0.384 e. The lowest BCUT2D eigenvalue weighted by molar-refractivity contribution is -0.141. The molecule has 0 aromatic heterocycles. The van der Waals surface area contributed by atoms with Crippen molar-refractivity contribution in [1.82, 2.24) is 0 Å². The van der Waals surface area contributed by atoms with Gasteiger partial charge in [-0.1, -0.05) is 69.2 Å². The van der Waals surface area contributed by atoms with Crippen molar-refractivity contribution in [2.45, 2.75) is 114 Å². The maximum absolute atomic E-state index is 11.8. The summed E-state index contributed by atoms with van der Waals surface area (Å²) in [4.78, 5) is 0. The first-order chi connectivity index (χ1) is 14.7. The van der Waals surface area contributed by atoms with Gasteiger partial charge in [0.2, 0.25) is 6.43 Å². The van der Waals surface area contributed by atoms with Gasteiger partial charge in [0.1, 0.15) is 0 Å². The molecule has 0 N–H and O–H groups in total. The number of nitriles is 1.